The number of likely N-dealkylation sites (N-methyl/N-ethyl adjacent to an activating group) is 1. The summed E-state index contributed by atoms with van der Waals surface area (Å²) in [5.41, 5.74) is 0.651. The Labute approximate surface area is 192 Å². The number of anilines is 1. The predicted octanol–water partition coefficient (Wildman–Crippen LogP) is 1.48. The Balaban J connectivity index is 1.72. The standard InChI is InChI=1S/C22H27N3O7S/c1-3-23-21(26)15-32-18-7-5-17(6-8-18)24-22(27)16-4-9-19(30-2)20(14-16)33(28,29)25-10-12-31-13-11-25/h4-9,14H,3,10-13,15H2,1-2H3,(H,23,26)(H,24,27). The van der Waals surface area contributed by atoms with Crippen LogP contribution < -0.4 is 20.1 Å². The molecule has 3 rings (SSSR count). The number of nitrogens with zero attached hydrogens (tertiary/aromatic N) is 1. The van der Waals surface area contributed by atoms with E-state index in [4.69, 9.17) is 14.2 Å². The van der Waals surface area contributed by atoms with Crippen molar-refractivity contribution in [1.29, 1.82) is 0 Å². The van der Waals surface area contributed by atoms with Crippen LogP contribution >= 0.6 is 0 Å². The summed E-state index contributed by atoms with van der Waals surface area (Å²) < 4.78 is 43.4. The Kier molecular flexibility index (Phi) is 8.26. The van der Waals surface area contributed by atoms with Crippen LogP contribution in [0.1, 0.15) is 17.3 Å². The van der Waals surface area contributed by atoms with Crippen molar-refractivity contribution in [3.05, 3.63) is 48.0 Å². The molecule has 2 aromatic rings. The Morgan fingerprint density at radius 1 is 1.09 bits per heavy atom. The van der Waals surface area contributed by atoms with Gasteiger partial charge in [-0.2, -0.15) is 4.31 Å². The molecule has 1 fully saturated rings. The Bertz CT molecular complexity index is 1080. The van der Waals surface area contributed by atoms with E-state index in [1.165, 1.54) is 29.6 Å². The van der Waals surface area contributed by atoms with Gasteiger partial charge in [0, 0.05) is 30.9 Å². The van der Waals surface area contributed by atoms with Gasteiger partial charge in [-0.1, -0.05) is 0 Å². The fourth-order valence-electron chi connectivity index (χ4n) is 3.18. The lowest BCUT2D eigenvalue weighted by Crippen LogP contribution is -2.40. The number of ether oxygens (including phenoxy) is 3. The molecule has 0 unspecified atom stereocenters. The molecule has 178 valence electrons. The summed E-state index contributed by atoms with van der Waals surface area (Å²) >= 11 is 0. The Morgan fingerprint density at radius 3 is 2.42 bits per heavy atom. The number of carbonyl (C=O) groups is 2. The first-order valence-corrected chi connectivity index (χ1v) is 11.9. The fraction of sp³-hybridized carbons (Fsp3) is 0.364. The molecule has 1 heterocycles. The van der Waals surface area contributed by atoms with Crippen molar-refractivity contribution in [3.63, 3.8) is 0 Å². The number of hydrogen-bond donors (Lipinski definition) is 2. The molecular weight excluding hydrogens is 450 g/mol. The van der Waals surface area contributed by atoms with Crippen LogP contribution in [0.25, 0.3) is 0 Å². The van der Waals surface area contributed by atoms with E-state index < -0.39 is 15.9 Å². The van der Waals surface area contributed by atoms with Gasteiger partial charge in [-0.15, -0.1) is 0 Å². The van der Waals surface area contributed by atoms with Crippen LogP contribution in [0.4, 0.5) is 5.69 Å². The molecule has 2 N–H and O–H groups in total. The molecule has 1 aliphatic heterocycles. The number of amides is 2. The summed E-state index contributed by atoms with van der Waals surface area (Å²) in [6.45, 7) is 3.32. The van der Waals surface area contributed by atoms with Gasteiger partial charge in [0.25, 0.3) is 11.8 Å². The molecule has 0 radical (unpaired) electrons. The van der Waals surface area contributed by atoms with Gasteiger partial charge in [0.2, 0.25) is 10.0 Å². The molecule has 0 aromatic heterocycles. The number of methoxy groups -OCH3 is 1. The van der Waals surface area contributed by atoms with Gasteiger partial charge < -0.3 is 24.8 Å². The molecule has 0 aliphatic carbocycles. The lowest BCUT2D eigenvalue weighted by atomic mass is 10.2. The van der Waals surface area contributed by atoms with Crippen molar-refractivity contribution in [2.45, 2.75) is 11.8 Å². The van der Waals surface area contributed by atoms with Crippen molar-refractivity contribution >= 4 is 27.5 Å². The number of morpholine rings is 1. The van der Waals surface area contributed by atoms with Crippen LogP contribution in [0.3, 0.4) is 0 Å². The lowest BCUT2D eigenvalue weighted by Gasteiger charge is -2.26. The van der Waals surface area contributed by atoms with Crippen LogP contribution in [0, 0.1) is 0 Å². The third-order valence-corrected chi connectivity index (χ3v) is 6.79. The second-order valence-corrected chi connectivity index (χ2v) is 9.01. The highest BCUT2D eigenvalue weighted by Gasteiger charge is 2.30. The van der Waals surface area contributed by atoms with E-state index in [2.05, 4.69) is 10.6 Å². The molecular formula is C22H27N3O7S. The molecule has 2 amide bonds. The van der Waals surface area contributed by atoms with E-state index >= 15 is 0 Å². The van der Waals surface area contributed by atoms with Crippen molar-refractivity contribution in [3.8, 4) is 11.5 Å². The summed E-state index contributed by atoms with van der Waals surface area (Å²) in [5, 5.41) is 5.36. The summed E-state index contributed by atoms with van der Waals surface area (Å²) in [6, 6.07) is 10.8. The zero-order chi connectivity index (χ0) is 23.8. The van der Waals surface area contributed by atoms with E-state index in [0.717, 1.165) is 0 Å². The minimum Gasteiger partial charge on any atom is -0.495 e. The lowest BCUT2D eigenvalue weighted by molar-refractivity contribution is -0.122. The molecule has 0 atom stereocenters. The van der Waals surface area contributed by atoms with Gasteiger partial charge in [0.05, 0.1) is 20.3 Å². The Hall–Kier alpha value is -3.15. The average Bonchev–Trinajstić information content (AvgIpc) is 2.84. The summed E-state index contributed by atoms with van der Waals surface area (Å²) in [6.07, 6.45) is 0. The van der Waals surface area contributed by atoms with E-state index in [1.807, 2.05) is 6.92 Å². The second-order valence-electron chi connectivity index (χ2n) is 7.10. The van der Waals surface area contributed by atoms with E-state index in [-0.39, 0.29) is 41.8 Å². The predicted molar refractivity (Wildman–Crippen MR) is 121 cm³/mol. The smallest absolute Gasteiger partial charge is 0.257 e. The monoisotopic (exact) mass is 477 g/mol. The molecule has 1 saturated heterocycles. The van der Waals surface area contributed by atoms with E-state index in [1.54, 1.807) is 24.3 Å². The zero-order valence-electron chi connectivity index (χ0n) is 18.5. The minimum absolute atomic E-state index is 0.0753. The quantitative estimate of drug-likeness (QED) is 0.561. The molecule has 0 saturated carbocycles. The zero-order valence-corrected chi connectivity index (χ0v) is 19.3. The summed E-state index contributed by atoms with van der Waals surface area (Å²) in [4.78, 5) is 24.2. The summed E-state index contributed by atoms with van der Waals surface area (Å²) in [7, 11) is -2.48. The number of carbonyl (C=O) groups excluding carboxylic acids is 2. The second kappa shape index (κ2) is 11.1. The van der Waals surface area contributed by atoms with Crippen LogP contribution in [-0.2, 0) is 19.6 Å². The molecule has 0 bridgehead atoms. The number of rotatable bonds is 9. The maximum absolute atomic E-state index is 13.1. The van der Waals surface area contributed by atoms with Crippen molar-refractivity contribution < 1.29 is 32.2 Å². The first-order chi connectivity index (χ1) is 15.8. The molecule has 1 aliphatic rings. The highest BCUT2D eigenvalue weighted by Crippen LogP contribution is 2.29. The van der Waals surface area contributed by atoms with Gasteiger partial charge in [0.15, 0.2) is 6.61 Å². The third kappa shape index (κ3) is 6.21. The maximum Gasteiger partial charge on any atom is 0.257 e. The Morgan fingerprint density at radius 2 is 1.79 bits per heavy atom. The number of sulfonamides is 1. The number of benzene rings is 2. The molecule has 0 spiro atoms. The van der Waals surface area contributed by atoms with Crippen molar-refractivity contribution in [1.82, 2.24) is 9.62 Å². The SMILES string of the molecule is CCNC(=O)COc1ccc(NC(=O)c2ccc(OC)c(S(=O)(=O)N3CCOCC3)c2)cc1. The van der Waals surface area contributed by atoms with Gasteiger partial charge >= 0.3 is 0 Å². The van der Waals surface area contributed by atoms with Gasteiger partial charge in [-0.3, -0.25) is 9.59 Å². The summed E-state index contributed by atoms with van der Waals surface area (Å²) in [5.74, 6) is -0.0708. The van der Waals surface area contributed by atoms with Gasteiger partial charge in [-0.25, -0.2) is 8.42 Å². The first-order valence-electron chi connectivity index (χ1n) is 10.4. The minimum atomic E-state index is -3.86. The highest BCUT2D eigenvalue weighted by molar-refractivity contribution is 7.89. The van der Waals surface area contributed by atoms with Crippen molar-refractivity contribution in [2.24, 2.45) is 0 Å². The van der Waals surface area contributed by atoms with E-state index in [9.17, 15) is 18.0 Å². The number of hydrogen-bond acceptors (Lipinski definition) is 7. The molecule has 10 nitrogen and oxygen atoms in total. The molecule has 33 heavy (non-hydrogen) atoms. The average molecular weight is 478 g/mol. The normalized spacial score (nSPS) is 14.4. The van der Waals surface area contributed by atoms with Crippen LogP contribution in [0.2, 0.25) is 0 Å². The van der Waals surface area contributed by atoms with Crippen LogP contribution in [-0.4, -0.2) is 71.1 Å². The van der Waals surface area contributed by atoms with Crippen molar-refractivity contribution in [2.75, 3.05) is 51.9 Å². The molecule has 11 heteroatoms. The van der Waals surface area contributed by atoms with Crippen LogP contribution in [0.5, 0.6) is 11.5 Å². The largest absolute Gasteiger partial charge is 0.495 e. The van der Waals surface area contributed by atoms with E-state index in [0.29, 0.717) is 31.2 Å². The van der Waals surface area contributed by atoms with Gasteiger partial charge in [-0.05, 0) is 49.4 Å². The maximum atomic E-state index is 13.1. The van der Waals surface area contributed by atoms with Crippen LogP contribution in [0.15, 0.2) is 47.4 Å². The topological polar surface area (TPSA) is 123 Å². The highest BCUT2D eigenvalue weighted by atomic mass is 32.2. The fourth-order valence-corrected chi connectivity index (χ4v) is 4.77. The van der Waals surface area contributed by atoms with Gasteiger partial charge in [0.1, 0.15) is 16.4 Å². The third-order valence-electron chi connectivity index (χ3n) is 4.87. The molecule has 2 aromatic carbocycles. The first kappa shape index (κ1) is 24.5. The number of nitrogens with one attached hydrogen (secondary N) is 2.